The van der Waals surface area contributed by atoms with Crippen LogP contribution in [0.5, 0.6) is 0 Å². The summed E-state index contributed by atoms with van der Waals surface area (Å²) in [5.74, 6) is -0.0577. The summed E-state index contributed by atoms with van der Waals surface area (Å²) in [6, 6.07) is 13.3. The first-order valence-corrected chi connectivity index (χ1v) is 9.94. The van der Waals surface area contributed by atoms with Gasteiger partial charge in [0.2, 0.25) is 5.91 Å². The second kappa shape index (κ2) is 9.26. The Bertz CT molecular complexity index is 918. The molecule has 2 aromatic carbocycles. The number of aromatic nitrogens is 3. The van der Waals surface area contributed by atoms with Crippen molar-refractivity contribution in [3.63, 3.8) is 0 Å². The van der Waals surface area contributed by atoms with Crippen molar-refractivity contribution in [2.24, 2.45) is 0 Å². The van der Waals surface area contributed by atoms with E-state index in [9.17, 15) is 4.79 Å². The summed E-state index contributed by atoms with van der Waals surface area (Å²) in [6.45, 7) is 2.94. The van der Waals surface area contributed by atoms with Crippen LogP contribution in [0, 0.1) is 0 Å². The van der Waals surface area contributed by atoms with Crippen molar-refractivity contribution < 1.29 is 4.79 Å². The number of hydrogen-bond donors (Lipinski definition) is 1. The highest BCUT2D eigenvalue weighted by molar-refractivity contribution is 8.00. The number of amides is 1. The monoisotopic (exact) mass is 420 g/mol. The third-order valence-electron chi connectivity index (χ3n) is 3.84. The molecule has 27 heavy (non-hydrogen) atoms. The van der Waals surface area contributed by atoms with Gasteiger partial charge in [-0.25, -0.2) is 9.67 Å². The van der Waals surface area contributed by atoms with E-state index in [1.165, 1.54) is 18.1 Å². The summed E-state index contributed by atoms with van der Waals surface area (Å²) in [5, 5.41) is 7.96. The zero-order valence-corrected chi connectivity index (χ0v) is 16.9. The minimum atomic E-state index is -0.292. The maximum Gasteiger partial charge on any atom is 0.233 e. The number of thioether (sulfide) groups is 1. The highest BCUT2D eigenvalue weighted by Crippen LogP contribution is 2.32. The van der Waals surface area contributed by atoms with Gasteiger partial charge in [0.25, 0.3) is 0 Å². The van der Waals surface area contributed by atoms with Gasteiger partial charge in [-0.2, -0.15) is 5.10 Å². The first kappa shape index (κ1) is 19.7. The summed E-state index contributed by atoms with van der Waals surface area (Å²) in [4.78, 5) is 17.2. The van der Waals surface area contributed by atoms with Crippen LogP contribution in [0.15, 0.2) is 60.0 Å². The molecule has 5 nitrogen and oxygen atoms in total. The number of nitrogens with one attached hydrogen (secondary N) is 1. The highest BCUT2D eigenvalue weighted by atomic mass is 35.5. The van der Waals surface area contributed by atoms with E-state index in [2.05, 4.69) is 15.4 Å². The molecular formula is C19H18Cl2N4OS. The Kier molecular flexibility index (Phi) is 6.77. The summed E-state index contributed by atoms with van der Waals surface area (Å²) in [6.07, 6.45) is 3.18. The van der Waals surface area contributed by atoms with Crippen LogP contribution >= 0.6 is 35.0 Å². The summed E-state index contributed by atoms with van der Waals surface area (Å²) in [5.41, 5.74) is 2.12. The van der Waals surface area contributed by atoms with Gasteiger partial charge in [0, 0.05) is 16.5 Å². The molecule has 1 unspecified atom stereocenters. The lowest BCUT2D eigenvalue weighted by molar-refractivity contribution is -0.120. The SMILES string of the molecule is CC(Sc1cc(Cl)ccc1Cl)C(=O)NCc1cccc(Cn2cncn2)c1. The molecule has 0 saturated carbocycles. The highest BCUT2D eigenvalue weighted by Gasteiger charge is 2.16. The molecule has 1 N–H and O–H groups in total. The van der Waals surface area contributed by atoms with Crippen molar-refractivity contribution in [2.45, 2.75) is 30.2 Å². The maximum absolute atomic E-state index is 12.4. The average molecular weight is 421 g/mol. The van der Waals surface area contributed by atoms with Crippen molar-refractivity contribution in [1.82, 2.24) is 20.1 Å². The molecule has 1 heterocycles. The van der Waals surface area contributed by atoms with Gasteiger partial charge in [-0.05, 0) is 36.2 Å². The van der Waals surface area contributed by atoms with Crippen LogP contribution in [0.1, 0.15) is 18.1 Å². The van der Waals surface area contributed by atoms with Gasteiger partial charge >= 0.3 is 0 Å². The molecule has 3 aromatic rings. The van der Waals surface area contributed by atoms with Gasteiger partial charge in [0.05, 0.1) is 16.8 Å². The Morgan fingerprint density at radius 3 is 2.81 bits per heavy atom. The first-order chi connectivity index (χ1) is 13.0. The summed E-state index contributed by atoms with van der Waals surface area (Å²) in [7, 11) is 0. The second-order valence-electron chi connectivity index (χ2n) is 5.97. The average Bonchev–Trinajstić information content (AvgIpc) is 3.16. The summed E-state index contributed by atoms with van der Waals surface area (Å²) >= 11 is 13.6. The number of carbonyl (C=O) groups is 1. The molecule has 3 rings (SSSR count). The van der Waals surface area contributed by atoms with Crippen molar-refractivity contribution in [2.75, 3.05) is 0 Å². The Morgan fingerprint density at radius 1 is 1.22 bits per heavy atom. The first-order valence-electron chi connectivity index (χ1n) is 8.31. The van der Waals surface area contributed by atoms with E-state index in [0.29, 0.717) is 23.1 Å². The fourth-order valence-electron chi connectivity index (χ4n) is 2.48. The minimum absolute atomic E-state index is 0.0577. The quantitative estimate of drug-likeness (QED) is 0.574. The van der Waals surface area contributed by atoms with Crippen molar-refractivity contribution in [3.05, 3.63) is 76.3 Å². The van der Waals surface area contributed by atoms with Crippen molar-refractivity contribution in [3.8, 4) is 0 Å². The molecule has 0 aliphatic rings. The van der Waals surface area contributed by atoms with Gasteiger partial charge in [-0.3, -0.25) is 4.79 Å². The van der Waals surface area contributed by atoms with E-state index < -0.39 is 0 Å². The Morgan fingerprint density at radius 2 is 2.04 bits per heavy atom. The normalized spacial score (nSPS) is 12.0. The number of halogens is 2. The van der Waals surface area contributed by atoms with Gasteiger partial charge in [-0.15, -0.1) is 11.8 Å². The van der Waals surface area contributed by atoms with Crippen LogP contribution in [0.2, 0.25) is 10.0 Å². The molecule has 0 radical (unpaired) electrons. The molecule has 8 heteroatoms. The standard InChI is InChI=1S/C19H18Cl2N4OS/c1-13(27-18-8-16(20)5-6-17(18)21)19(26)23-9-14-3-2-4-15(7-14)10-25-12-22-11-24-25/h2-8,11-13H,9-10H2,1H3,(H,23,26). The molecule has 140 valence electrons. The van der Waals surface area contributed by atoms with Crippen LogP contribution in [0.4, 0.5) is 0 Å². The van der Waals surface area contributed by atoms with Crippen LogP contribution in [-0.2, 0) is 17.9 Å². The van der Waals surface area contributed by atoms with Crippen LogP contribution in [0.3, 0.4) is 0 Å². The van der Waals surface area contributed by atoms with Crippen LogP contribution in [-0.4, -0.2) is 25.9 Å². The Balaban J connectivity index is 1.56. The Hall–Kier alpha value is -2.02. The van der Waals surface area contributed by atoms with Crippen LogP contribution in [0.25, 0.3) is 0 Å². The number of carbonyl (C=O) groups excluding carboxylic acids is 1. The number of nitrogens with zero attached hydrogens (tertiary/aromatic N) is 3. The van der Waals surface area contributed by atoms with Gasteiger partial charge in [-0.1, -0.05) is 47.5 Å². The van der Waals surface area contributed by atoms with Crippen molar-refractivity contribution >= 4 is 40.9 Å². The van der Waals surface area contributed by atoms with E-state index >= 15 is 0 Å². The molecule has 0 aliphatic heterocycles. The lowest BCUT2D eigenvalue weighted by Gasteiger charge is -2.13. The maximum atomic E-state index is 12.4. The zero-order valence-electron chi connectivity index (χ0n) is 14.6. The fourth-order valence-corrected chi connectivity index (χ4v) is 3.92. The molecule has 0 bridgehead atoms. The zero-order chi connectivity index (χ0) is 19.2. The Labute approximate surface area is 172 Å². The van der Waals surface area contributed by atoms with E-state index in [0.717, 1.165) is 16.0 Å². The molecular weight excluding hydrogens is 403 g/mol. The third kappa shape index (κ3) is 5.73. The molecule has 1 aromatic heterocycles. The van der Waals surface area contributed by atoms with Crippen molar-refractivity contribution in [1.29, 1.82) is 0 Å². The molecule has 1 amide bonds. The third-order valence-corrected chi connectivity index (χ3v) is 5.67. The van der Waals surface area contributed by atoms with E-state index in [1.54, 1.807) is 29.2 Å². The topological polar surface area (TPSA) is 59.8 Å². The van der Waals surface area contributed by atoms with Gasteiger partial charge in [0.1, 0.15) is 12.7 Å². The van der Waals surface area contributed by atoms with E-state index in [-0.39, 0.29) is 11.2 Å². The van der Waals surface area contributed by atoms with E-state index in [4.69, 9.17) is 23.2 Å². The minimum Gasteiger partial charge on any atom is -0.351 e. The molecule has 1 atom stereocenters. The summed E-state index contributed by atoms with van der Waals surface area (Å²) < 4.78 is 1.76. The lowest BCUT2D eigenvalue weighted by Crippen LogP contribution is -2.30. The van der Waals surface area contributed by atoms with Crippen LogP contribution < -0.4 is 5.32 Å². The van der Waals surface area contributed by atoms with E-state index in [1.807, 2.05) is 31.2 Å². The predicted octanol–water partition coefficient (Wildman–Crippen LogP) is 4.43. The fraction of sp³-hybridized carbons (Fsp3) is 0.211. The smallest absolute Gasteiger partial charge is 0.233 e. The lowest BCUT2D eigenvalue weighted by atomic mass is 10.1. The predicted molar refractivity (Wildman–Crippen MR) is 109 cm³/mol. The molecule has 0 fully saturated rings. The largest absolute Gasteiger partial charge is 0.351 e. The number of rotatable bonds is 7. The van der Waals surface area contributed by atoms with Gasteiger partial charge in [0.15, 0.2) is 0 Å². The number of benzene rings is 2. The second-order valence-corrected chi connectivity index (χ2v) is 8.19. The molecule has 0 spiro atoms. The number of hydrogen-bond acceptors (Lipinski definition) is 4. The molecule has 0 saturated heterocycles. The molecule has 0 aliphatic carbocycles. The van der Waals surface area contributed by atoms with Gasteiger partial charge < -0.3 is 5.32 Å².